The predicted octanol–water partition coefficient (Wildman–Crippen LogP) is 1.87. The van der Waals surface area contributed by atoms with Gasteiger partial charge >= 0.3 is 0 Å². The van der Waals surface area contributed by atoms with E-state index >= 15 is 0 Å². The van der Waals surface area contributed by atoms with Crippen LogP contribution in [0.25, 0.3) is 0 Å². The van der Waals surface area contributed by atoms with Crippen molar-refractivity contribution in [2.24, 2.45) is 0 Å². The van der Waals surface area contributed by atoms with Crippen LogP contribution in [0.1, 0.15) is 32.0 Å². The molecule has 96 valence electrons. The molecule has 2 aromatic rings. The predicted molar refractivity (Wildman–Crippen MR) is 68.8 cm³/mol. The summed E-state index contributed by atoms with van der Waals surface area (Å²) < 4.78 is 5.73. The van der Waals surface area contributed by atoms with E-state index in [9.17, 15) is 4.79 Å². The van der Waals surface area contributed by atoms with Crippen molar-refractivity contribution < 1.29 is 4.74 Å². The van der Waals surface area contributed by atoms with E-state index in [1.807, 2.05) is 45.0 Å². The Bertz CT molecular complexity index is 561. The van der Waals surface area contributed by atoms with Gasteiger partial charge in [0.15, 0.2) is 0 Å². The van der Waals surface area contributed by atoms with Crippen LogP contribution in [-0.2, 0) is 6.42 Å². The summed E-state index contributed by atoms with van der Waals surface area (Å²) in [5, 5.41) is 8.73. The van der Waals surface area contributed by atoms with Crippen molar-refractivity contribution in [3.63, 3.8) is 0 Å². The molecule has 0 radical (unpaired) electrons. The Balaban J connectivity index is 2.09. The standard InChI is InChI=1S/C13H17N3O2/c1-13(2,3)18-10-6-4-9(5-7-10)8-11-12(17)15-16-14-11/h4-7H,8H2,1-3H3,(H2,14,15,16,17). The van der Waals surface area contributed by atoms with Gasteiger partial charge in [-0.25, -0.2) is 10.3 Å². The molecule has 0 amide bonds. The van der Waals surface area contributed by atoms with Crippen molar-refractivity contribution >= 4 is 0 Å². The number of hydrogen-bond acceptors (Lipinski definition) is 3. The topological polar surface area (TPSA) is 70.8 Å². The summed E-state index contributed by atoms with van der Waals surface area (Å²) in [6.07, 6.45) is 0.509. The summed E-state index contributed by atoms with van der Waals surface area (Å²) in [4.78, 5) is 11.3. The van der Waals surface area contributed by atoms with Crippen molar-refractivity contribution in [3.8, 4) is 5.75 Å². The van der Waals surface area contributed by atoms with Gasteiger partial charge < -0.3 is 4.74 Å². The number of benzene rings is 1. The van der Waals surface area contributed by atoms with Gasteiger partial charge in [0, 0.05) is 6.42 Å². The minimum Gasteiger partial charge on any atom is -0.488 e. The number of nitrogens with zero attached hydrogens (tertiary/aromatic N) is 1. The third kappa shape index (κ3) is 3.23. The SMILES string of the molecule is CC(C)(C)Oc1ccc(Cc2n[nH][nH]c2=O)cc1. The third-order valence-electron chi connectivity index (χ3n) is 2.34. The van der Waals surface area contributed by atoms with Crippen LogP contribution in [0.3, 0.4) is 0 Å². The summed E-state index contributed by atoms with van der Waals surface area (Å²) in [7, 11) is 0. The Hall–Kier alpha value is -2.04. The first kappa shape index (κ1) is 12.4. The van der Waals surface area contributed by atoms with E-state index in [2.05, 4.69) is 15.4 Å². The molecular weight excluding hydrogens is 230 g/mol. The van der Waals surface area contributed by atoms with Crippen LogP contribution in [-0.4, -0.2) is 21.0 Å². The lowest BCUT2D eigenvalue weighted by molar-refractivity contribution is 0.131. The van der Waals surface area contributed by atoms with Crippen molar-refractivity contribution in [3.05, 3.63) is 45.9 Å². The zero-order valence-corrected chi connectivity index (χ0v) is 10.8. The van der Waals surface area contributed by atoms with Gasteiger partial charge in [-0.3, -0.25) is 4.79 Å². The molecule has 0 aliphatic heterocycles. The largest absolute Gasteiger partial charge is 0.488 e. The number of aromatic amines is 2. The van der Waals surface area contributed by atoms with E-state index in [0.717, 1.165) is 11.3 Å². The lowest BCUT2D eigenvalue weighted by Gasteiger charge is -2.21. The molecule has 0 aliphatic rings. The molecule has 0 saturated carbocycles. The molecule has 18 heavy (non-hydrogen) atoms. The highest BCUT2D eigenvalue weighted by Crippen LogP contribution is 2.19. The van der Waals surface area contributed by atoms with E-state index in [1.54, 1.807) is 0 Å². The van der Waals surface area contributed by atoms with Gasteiger partial charge in [-0.05, 0) is 38.5 Å². The molecule has 0 unspecified atom stereocenters. The smallest absolute Gasteiger partial charge is 0.287 e. The summed E-state index contributed by atoms with van der Waals surface area (Å²) in [6, 6.07) is 7.69. The highest BCUT2D eigenvalue weighted by atomic mass is 16.5. The lowest BCUT2D eigenvalue weighted by atomic mass is 10.1. The van der Waals surface area contributed by atoms with Crippen LogP contribution in [0.5, 0.6) is 5.75 Å². The van der Waals surface area contributed by atoms with E-state index in [1.165, 1.54) is 0 Å². The van der Waals surface area contributed by atoms with E-state index in [0.29, 0.717) is 12.1 Å². The minimum absolute atomic E-state index is 0.176. The second-order valence-corrected chi connectivity index (χ2v) is 5.16. The number of H-pyrrole nitrogens is 2. The molecule has 0 aliphatic carbocycles. The number of aromatic nitrogens is 3. The maximum atomic E-state index is 11.3. The zero-order chi connectivity index (χ0) is 13.2. The van der Waals surface area contributed by atoms with Crippen LogP contribution in [0.4, 0.5) is 0 Å². The number of ether oxygens (including phenoxy) is 1. The molecule has 1 aromatic carbocycles. The fraction of sp³-hybridized carbons (Fsp3) is 0.385. The fourth-order valence-electron chi connectivity index (χ4n) is 1.61. The van der Waals surface area contributed by atoms with Gasteiger partial charge in [0.1, 0.15) is 17.0 Å². The number of rotatable bonds is 3. The zero-order valence-electron chi connectivity index (χ0n) is 10.8. The van der Waals surface area contributed by atoms with Gasteiger partial charge in [-0.15, -0.1) is 0 Å². The van der Waals surface area contributed by atoms with Gasteiger partial charge in [-0.2, -0.15) is 5.10 Å². The van der Waals surface area contributed by atoms with E-state index in [4.69, 9.17) is 4.74 Å². The quantitative estimate of drug-likeness (QED) is 0.869. The fourth-order valence-corrected chi connectivity index (χ4v) is 1.61. The first-order valence-corrected chi connectivity index (χ1v) is 5.84. The Labute approximate surface area is 105 Å². The molecule has 0 spiro atoms. The maximum Gasteiger partial charge on any atom is 0.287 e. The van der Waals surface area contributed by atoms with Crippen LogP contribution < -0.4 is 10.3 Å². The Kier molecular flexibility index (Phi) is 3.23. The van der Waals surface area contributed by atoms with E-state index < -0.39 is 0 Å². The number of nitrogens with one attached hydrogen (secondary N) is 2. The number of hydrogen-bond donors (Lipinski definition) is 2. The van der Waals surface area contributed by atoms with Gasteiger partial charge in [-0.1, -0.05) is 12.1 Å². The van der Waals surface area contributed by atoms with Crippen molar-refractivity contribution in [2.75, 3.05) is 0 Å². The highest BCUT2D eigenvalue weighted by Gasteiger charge is 2.11. The van der Waals surface area contributed by atoms with Gasteiger partial charge in [0.05, 0.1) is 0 Å². The summed E-state index contributed by atoms with van der Waals surface area (Å²) in [6.45, 7) is 6.01. The molecular formula is C13H17N3O2. The van der Waals surface area contributed by atoms with Gasteiger partial charge in [0.2, 0.25) is 0 Å². The molecule has 0 saturated heterocycles. The van der Waals surface area contributed by atoms with Crippen molar-refractivity contribution in [1.82, 2.24) is 15.4 Å². The third-order valence-corrected chi connectivity index (χ3v) is 2.34. The second kappa shape index (κ2) is 4.68. The van der Waals surface area contributed by atoms with Gasteiger partial charge in [0.25, 0.3) is 5.56 Å². The second-order valence-electron chi connectivity index (χ2n) is 5.16. The average Bonchev–Trinajstić information content (AvgIpc) is 2.65. The Morgan fingerprint density at radius 3 is 2.39 bits per heavy atom. The van der Waals surface area contributed by atoms with E-state index in [-0.39, 0.29) is 11.2 Å². The Morgan fingerprint density at radius 2 is 1.89 bits per heavy atom. The molecule has 2 rings (SSSR count). The minimum atomic E-state index is -0.207. The summed E-state index contributed by atoms with van der Waals surface area (Å²) in [5.41, 5.74) is 1.12. The first-order chi connectivity index (χ1) is 8.44. The van der Waals surface area contributed by atoms with Crippen molar-refractivity contribution in [1.29, 1.82) is 0 Å². The Morgan fingerprint density at radius 1 is 1.22 bits per heavy atom. The van der Waals surface area contributed by atoms with Crippen LogP contribution in [0, 0.1) is 0 Å². The molecule has 1 heterocycles. The highest BCUT2D eigenvalue weighted by molar-refractivity contribution is 5.29. The molecule has 0 atom stereocenters. The molecule has 0 fully saturated rings. The van der Waals surface area contributed by atoms with Crippen LogP contribution >= 0.6 is 0 Å². The molecule has 5 nitrogen and oxygen atoms in total. The first-order valence-electron chi connectivity index (χ1n) is 5.84. The molecule has 2 N–H and O–H groups in total. The van der Waals surface area contributed by atoms with Crippen LogP contribution in [0.2, 0.25) is 0 Å². The monoisotopic (exact) mass is 247 g/mol. The average molecular weight is 247 g/mol. The lowest BCUT2D eigenvalue weighted by Crippen LogP contribution is -2.22. The molecule has 0 bridgehead atoms. The summed E-state index contributed by atoms with van der Waals surface area (Å²) in [5.74, 6) is 0.821. The van der Waals surface area contributed by atoms with Crippen molar-refractivity contribution in [2.45, 2.75) is 32.8 Å². The normalized spacial score (nSPS) is 11.5. The molecule has 5 heteroatoms. The maximum absolute atomic E-state index is 11.3. The van der Waals surface area contributed by atoms with Crippen LogP contribution in [0.15, 0.2) is 29.1 Å². The summed E-state index contributed by atoms with van der Waals surface area (Å²) >= 11 is 0. The molecule has 1 aromatic heterocycles.